The minimum absolute atomic E-state index is 0.0292. The number of likely N-dealkylation sites (N-methyl/N-ethyl adjacent to an activating group) is 1. The zero-order valence-corrected chi connectivity index (χ0v) is 13.6. The lowest BCUT2D eigenvalue weighted by molar-refractivity contribution is -0.143. The van der Waals surface area contributed by atoms with Crippen LogP contribution < -0.4 is 5.32 Å². The predicted molar refractivity (Wildman–Crippen MR) is 83.7 cm³/mol. The van der Waals surface area contributed by atoms with E-state index in [4.69, 9.17) is 0 Å². The summed E-state index contributed by atoms with van der Waals surface area (Å²) in [7, 11) is 1.75. The van der Waals surface area contributed by atoms with E-state index in [0.717, 1.165) is 0 Å². The van der Waals surface area contributed by atoms with Crippen molar-refractivity contribution in [2.24, 2.45) is 0 Å². The molecule has 3 amide bonds. The molecule has 7 heteroatoms. The first kappa shape index (κ1) is 17.6. The van der Waals surface area contributed by atoms with Crippen LogP contribution in [0.15, 0.2) is 12.7 Å². The Morgan fingerprint density at radius 3 is 2.71 bits per heavy atom. The molecule has 0 bridgehead atoms. The Hall–Kier alpha value is -1.50. The Balaban J connectivity index is 2.56. The van der Waals surface area contributed by atoms with Crippen molar-refractivity contribution >= 4 is 29.5 Å². The highest BCUT2D eigenvalue weighted by molar-refractivity contribution is 7.99. The van der Waals surface area contributed by atoms with Gasteiger partial charge in [-0.1, -0.05) is 6.58 Å². The number of carbonyl (C=O) groups is 3. The standard InChI is InChI=1S/C14H23N3O3S/c1-5-12(18)15-7-6-13(19)17-9-21-8-11(17)14(20)16(4)10(2)3/h5,10-11H,1,6-9H2,2-4H3,(H,15,18). The second kappa shape index (κ2) is 8.07. The van der Waals surface area contributed by atoms with E-state index in [-0.39, 0.29) is 36.7 Å². The first-order valence-corrected chi connectivity index (χ1v) is 8.08. The van der Waals surface area contributed by atoms with Gasteiger partial charge in [-0.25, -0.2) is 0 Å². The van der Waals surface area contributed by atoms with E-state index >= 15 is 0 Å². The largest absolute Gasteiger partial charge is 0.352 e. The van der Waals surface area contributed by atoms with Crippen LogP contribution in [-0.2, 0) is 14.4 Å². The van der Waals surface area contributed by atoms with E-state index in [1.165, 1.54) is 6.08 Å². The van der Waals surface area contributed by atoms with E-state index in [9.17, 15) is 14.4 Å². The van der Waals surface area contributed by atoms with Gasteiger partial charge in [0.25, 0.3) is 0 Å². The fourth-order valence-corrected chi connectivity index (χ4v) is 3.06. The Morgan fingerprint density at radius 1 is 1.48 bits per heavy atom. The van der Waals surface area contributed by atoms with Gasteiger partial charge in [0.15, 0.2) is 0 Å². The van der Waals surface area contributed by atoms with Gasteiger partial charge in [0.2, 0.25) is 17.7 Å². The van der Waals surface area contributed by atoms with E-state index in [1.54, 1.807) is 28.6 Å². The molecule has 0 radical (unpaired) electrons. The van der Waals surface area contributed by atoms with Crippen LogP contribution in [0.4, 0.5) is 0 Å². The van der Waals surface area contributed by atoms with E-state index in [1.807, 2.05) is 13.8 Å². The lowest BCUT2D eigenvalue weighted by atomic mass is 10.2. The number of nitrogens with zero attached hydrogens (tertiary/aromatic N) is 2. The summed E-state index contributed by atoms with van der Waals surface area (Å²) in [6, 6.07) is -0.295. The van der Waals surface area contributed by atoms with Crippen molar-refractivity contribution in [2.45, 2.75) is 32.4 Å². The smallest absolute Gasteiger partial charge is 0.246 e. The highest BCUT2D eigenvalue weighted by Crippen LogP contribution is 2.23. The first-order valence-electron chi connectivity index (χ1n) is 6.92. The summed E-state index contributed by atoms with van der Waals surface area (Å²) in [6.45, 7) is 7.48. The molecule has 0 spiro atoms. The van der Waals surface area contributed by atoms with Crippen molar-refractivity contribution in [3.05, 3.63) is 12.7 Å². The molecule has 1 N–H and O–H groups in total. The van der Waals surface area contributed by atoms with Gasteiger partial charge in [-0.05, 0) is 19.9 Å². The Bertz CT molecular complexity index is 426. The molecule has 1 aliphatic rings. The van der Waals surface area contributed by atoms with Gasteiger partial charge in [0.05, 0.1) is 5.88 Å². The van der Waals surface area contributed by atoms with Gasteiger partial charge in [-0.15, -0.1) is 11.8 Å². The lowest BCUT2D eigenvalue weighted by Gasteiger charge is -2.29. The number of carbonyl (C=O) groups excluding carboxylic acids is 3. The van der Waals surface area contributed by atoms with Crippen LogP contribution in [0.5, 0.6) is 0 Å². The third kappa shape index (κ3) is 4.77. The molecule has 118 valence electrons. The summed E-state index contributed by atoms with van der Waals surface area (Å²) < 4.78 is 0. The van der Waals surface area contributed by atoms with Gasteiger partial charge in [0, 0.05) is 31.8 Å². The molecule has 1 rings (SSSR count). The Labute approximate surface area is 129 Å². The molecule has 0 saturated carbocycles. The Morgan fingerprint density at radius 2 is 2.14 bits per heavy atom. The number of hydrogen-bond acceptors (Lipinski definition) is 4. The van der Waals surface area contributed by atoms with Crippen molar-refractivity contribution in [3.8, 4) is 0 Å². The van der Waals surface area contributed by atoms with Gasteiger partial charge in [0.1, 0.15) is 6.04 Å². The SMILES string of the molecule is C=CC(=O)NCCC(=O)N1CSCC1C(=O)N(C)C(C)C. The predicted octanol–water partition coefficient (Wildman–Crippen LogP) is 0.447. The third-order valence-electron chi connectivity index (χ3n) is 3.43. The van der Waals surface area contributed by atoms with Gasteiger partial charge in [-0.3, -0.25) is 14.4 Å². The molecule has 1 heterocycles. The minimum atomic E-state index is -0.398. The van der Waals surface area contributed by atoms with Crippen molar-refractivity contribution in [3.63, 3.8) is 0 Å². The highest BCUT2D eigenvalue weighted by atomic mass is 32.2. The topological polar surface area (TPSA) is 69.7 Å². The van der Waals surface area contributed by atoms with E-state index in [2.05, 4.69) is 11.9 Å². The molecule has 1 atom stereocenters. The summed E-state index contributed by atoms with van der Waals surface area (Å²) in [5.74, 6) is 0.709. The molecular weight excluding hydrogens is 290 g/mol. The number of amides is 3. The van der Waals surface area contributed by atoms with Gasteiger partial charge < -0.3 is 15.1 Å². The van der Waals surface area contributed by atoms with Crippen LogP contribution in [0.3, 0.4) is 0 Å². The minimum Gasteiger partial charge on any atom is -0.352 e. The summed E-state index contributed by atoms with van der Waals surface area (Å²) >= 11 is 1.57. The zero-order valence-electron chi connectivity index (χ0n) is 12.8. The summed E-state index contributed by atoms with van der Waals surface area (Å²) in [4.78, 5) is 38.9. The average Bonchev–Trinajstić information content (AvgIpc) is 2.94. The molecule has 1 aliphatic heterocycles. The first-order chi connectivity index (χ1) is 9.88. The van der Waals surface area contributed by atoms with E-state index in [0.29, 0.717) is 11.6 Å². The van der Waals surface area contributed by atoms with Crippen LogP contribution in [0, 0.1) is 0 Å². The third-order valence-corrected chi connectivity index (χ3v) is 4.45. The molecule has 0 aliphatic carbocycles. The number of rotatable bonds is 6. The zero-order chi connectivity index (χ0) is 16.0. The monoisotopic (exact) mass is 313 g/mol. The summed E-state index contributed by atoms with van der Waals surface area (Å²) in [5, 5.41) is 2.57. The maximum Gasteiger partial charge on any atom is 0.246 e. The molecule has 1 fully saturated rings. The van der Waals surface area contributed by atoms with Gasteiger partial charge >= 0.3 is 0 Å². The van der Waals surface area contributed by atoms with Crippen molar-refractivity contribution in [1.29, 1.82) is 0 Å². The molecule has 0 aromatic rings. The molecule has 21 heavy (non-hydrogen) atoms. The average molecular weight is 313 g/mol. The van der Waals surface area contributed by atoms with Crippen molar-refractivity contribution in [1.82, 2.24) is 15.1 Å². The van der Waals surface area contributed by atoms with Crippen LogP contribution in [-0.4, -0.2) is 64.8 Å². The van der Waals surface area contributed by atoms with Crippen LogP contribution >= 0.6 is 11.8 Å². The highest BCUT2D eigenvalue weighted by Gasteiger charge is 2.36. The van der Waals surface area contributed by atoms with E-state index < -0.39 is 6.04 Å². The Kier molecular flexibility index (Phi) is 6.74. The maximum atomic E-state index is 12.4. The quantitative estimate of drug-likeness (QED) is 0.723. The summed E-state index contributed by atoms with van der Waals surface area (Å²) in [5.41, 5.74) is 0. The maximum absolute atomic E-state index is 12.4. The fourth-order valence-electron chi connectivity index (χ4n) is 1.89. The van der Waals surface area contributed by atoms with Crippen LogP contribution in [0.2, 0.25) is 0 Å². The fraction of sp³-hybridized carbons (Fsp3) is 0.643. The van der Waals surface area contributed by atoms with Gasteiger partial charge in [-0.2, -0.15) is 0 Å². The normalized spacial score (nSPS) is 17.7. The number of thioether (sulfide) groups is 1. The van der Waals surface area contributed by atoms with Crippen molar-refractivity contribution in [2.75, 3.05) is 25.2 Å². The molecule has 0 aromatic carbocycles. The second-order valence-electron chi connectivity index (χ2n) is 5.17. The van der Waals surface area contributed by atoms with Crippen LogP contribution in [0.25, 0.3) is 0 Å². The number of nitrogens with one attached hydrogen (secondary N) is 1. The van der Waals surface area contributed by atoms with Crippen molar-refractivity contribution < 1.29 is 14.4 Å². The molecular formula is C14H23N3O3S. The van der Waals surface area contributed by atoms with Crippen LogP contribution in [0.1, 0.15) is 20.3 Å². The molecule has 1 unspecified atom stereocenters. The number of hydrogen-bond donors (Lipinski definition) is 1. The molecule has 6 nitrogen and oxygen atoms in total. The second-order valence-corrected chi connectivity index (χ2v) is 6.17. The summed E-state index contributed by atoms with van der Waals surface area (Å²) in [6.07, 6.45) is 1.36. The molecule has 0 aromatic heterocycles. The lowest BCUT2D eigenvalue weighted by Crippen LogP contribution is -2.49. The molecule has 1 saturated heterocycles.